The van der Waals surface area contributed by atoms with E-state index < -0.39 is 0 Å². The number of hydrogen-bond acceptors (Lipinski definition) is 4. The quantitative estimate of drug-likeness (QED) is 0.775. The second kappa shape index (κ2) is 5.03. The molecule has 2 rings (SSSR count). The molecule has 0 aromatic heterocycles. The fourth-order valence-corrected chi connectivity index (χ4v) is 2.68. The van der Waals surface area contributed by atoms with Gasteiger partial charge in [-0.1, -0.05) is 11.8 Å². The SMILES string of the molecule is CCOC1CC(NC2=NCCCS2)C1. The Labute approximate surface area is 89.7 Å². The van der Waals surface area contributed by atoms with Crippen LogP contribution in [0.15, 0.2) is 4.99 Å². The second-order valence-corrected chi connectivity index (χ2v) is 4.86. The first-order valence-electron chi connectivity index (χ1n) is 5.44. The summed E-state index contributed by atoms with van der Waals surface area (Å²) in [6, 6.07) is 0.607. The average molecular weight is 214 g/mol. The third kappa shape index (κ3) is 2.64. The number of amidine groups is 1. The van der Waals surface area contributed by atoms with Gasteiger partial charge in [0.25, 0.3) is 0 Å². The summed E-state index contributed by atoms with van der Waals surface area (Å²) in [5.41, 5.74) is 0. The zero-order valence-corrected chi connectivity index (χ0v) is 9.48. The summed E-state index contributed by atoms with van der Waals surface area (Å²) >= 11 is 1.85. The fourth-order valence-electron chi connectivity index (χ4n) is 1.78. The predicted molar refractivity (Wildman–Crippen MR) is 60.9 cm³/mol. The van der Waals surface area contributed by atoms with Gasteiger partial charge in [0.1, 0.15) is 0 Å². The van der Waals surface area contributed by atoms with Gasteiger partial charge in [0.15, 0.2) is 5.17 Å². The molecule has 0 saturated heterocycles. The molecule has 80 valence electrons. The molecule has 0 aromatic rings. The van der Waals surface area contributed by atoms with Crippen LogP contribution in [-0.2, 0) is 4.74 Å². The van der Waals surface area contributed by atoms with E-state index in [2.05, 4.69) is 17.2 Å². The summed E-state index contributed by atoms with van der Waals surface area (Å²) < 4.78 is 5.51. The first-order chi connectivity index (χ1) is 6.88. The van der Waals surface area contributed by atoms with Gasteiger partial charge in [0.2, 0.25) is 0 Å². The van der Waals surface area contributed by atoms with E-state index in [1.807, 2.05) is 11.8 Å². The molecule has 14 heavy (non-hydrogen) atoms. The lowest BCUT2D eigenvalue weighted by Gasteiger charge is -2.36. The number of nitrogens with one attached hydrogen (secondary N) is 1. The molecule has 4 heteroatoms. The Morgan fingerprint density at radius 2 is 2.43 bits per heavy atom. The van der Waals surface area contributed by atoms with E-state index in [1.54, 1.807) is 0 Å². The lowest BCUT2D eigenvalue weighted by molar-refractivity contribution is -0.00543. The van der Waals surface area contributed by atoms with E-state index in [1.165, 1.54) is 12.2 Å². The van der Waals surface area contributed by atoms with Crippen LogP contribution in [0.4, 0.5) is 0 Å². The molecule has 0 spiro atoms. The van der Waals surface area contributed by atoms with Crippen molar-refractivity contribution in [2.45, 2.75) is 38.3 Å². The van der Waals surface area contributed by atoms with E-state index in [0.717, 1.165) is 31.2 Å². The third-order valence-corrected chi connectivity index (χ3v) is 3.63. The Balaban J connectivity index is 1.65. The minimum absolute atomic E-state index is 0.492. The molecular weight excluding hydrogens is 196 g/mol. The highest BCUT2D eigenvalue weighted by Gasteiger charge is 2.30. The van der Waals surface area contributed by atoms with E-state index in [9.17, 15) is 0 Å². The molecule has 0 unspecified atom stereocenters. The first-order valence-corrected chi connectivity index (χ1v) is 6.42. The van der Waals surface area contributed by atoms with Crippen LogP contribution in [0, 0.1) is 0 Å². The highest BCUT2D eigenvalue weighted by molar-refractivity contribution is 8.13. The van der Waals surface area contributed by atoms with Gasteiger partial charge < -0.3 is 10.1 Å². The number of aliphatic imine (C=N–C) groups is 1. The lowest BCUT2D eigenvalue weighted by atomic mass is 9.89. The molecule has 1 saturated carbocycles. The molecular formula is C10H18N2OS. The number of ether oxygens (including phenoxy) is 1. The summed E-state index contributed by atoms with van der Waals surface area (Å²) in [4.78, 5) is 4.45. The number of hydrogen-bond donors (Lipinski definition) is 1. The topological polar surface area (TPSA) is 33.6 Å². The molecule has 0 radical (unpaired) electrons. The average Bonchev–Trinajstić information content (AvgIpc) is 2.16. The van der Waals surface area contributed by atoms with Gasteiger partial charge in [-0.15, -0.1) is 0 Å². The summed E-state index contributed by atoms with van der Waals surface area (Å²) in [5.74, 6) is 1.22. The van der Waals surface area contributed by atoms with Crippen molar-refractivity contribution < 1.29 is 4.74 Å². The van der Waals surface area contributed by atoms with Crippen molar-refractivity contribution in [3.05, 3.63) is 0 Å². The van der Waals surface area contributed by atoms with E-state index in [-0.39, 0.29) is 0 Å². The normalized spacial score (nSPS) is 31.9. The standard InChI is InChI=1S/C10H18N2OS/c1-2-13-9-6-8(7-9)12-10-11-4-3-5-14-10/h8-9H,2-7H2,1H3,(H,11,12). The van der Waals surface area contributed by atoms with Crippen LogP contribution in [0.25, 0.3) is 0 Å². The Morgan fingerprint density at radius 3 is 3.07 bits per heavy atom. The second-order valence-electron chi connectivity index (χ2n) is 3.78. The summed E-state index contributed by atoms with van der Waals surface area (Å²) in [6.07, 6.45) is 4.01. The van der Waals surface area contributed by atoms with Gasteiger partial charge in [-0.25, -0.2) is 0 Å². The van der Waals surface area contributed by atoms with Crippen molar-refractivity contribution in [1.29, 1.82) is 0 Å². The van der Waals surface area contributed by atoms with Crippen LogP contribution in [0.3, 0.4) is 0 Å². The molecule has 1 heterocycles. The number of thioether (sulfide) groups is 1. The predicted octanol–water partition coefficient (Wildman–Crippen LogP) is 1.64. The van der Waals surface area contributed by atoms with Gasteiger partial charge in [0, 0.05) is 24.9 Å². The van der Waals surface area contributed by atoms with E-state index >= 15 is 0 Å². The van der Waals surface area contributed by atoms with Crippen LogP contribution >= 0.6 is 11.8 Å². The van der Waals surface area contributed by atoms with Crippen molar-refractivity contribution in [2.24, 2.45) is 4.99 Å². The molecule has 0 amide bonds. The van der Waals surface area contributed by atoms with Crippen LogP contribution in [0.5, 0.6) is 0 Å². The Kier molecular flexibility index (Phi) is 3.70. The van der Waals surface area contributed by atoms with Crippen molar-refractivity contribution in [3.63, 3.8) is 0 Å². The molecule has 3 nitrogen and oxygen atoms in total. The molecule has 1 aliphatic carbocycles. The fraction of sp³-hybridized carbons (Fsp3) is 0.900. The Bertz CT molecular complexity index is 214. The highest BCUT2D eigenvalue weighted by atomic mass is 32.2. The zero-order valence-electron chi connectivity index (χ0n) is 8.66. The van der Waals surface area contributed by atoms with Gasteiger partial charge >= 0.3 is 0 Å². The van der Waals surface area contributed by atoms with Crippen molar-refractivity contribution in [2.75, 3.05) is 18.9 Å². The molecule has 0 bridgehead atoms. The molecule has 1 aliphatic heterocycles. The first kappa shape index (κ1) is 10.3. The zero-order chi connectivity index (χ0) is 9.80. The maximum Gasteiger partial charge on any atom is 0.156 e. The summed E-state index contributed by atoms with van der Waals surface area (Å²) in [6.45, 7) is 3.89. The van der Waals surface area contributed by atoms with Crippen LogP contribution in [-0.4, -0.2) is 36.2 Å². The highest BCUT2D eigenvalue weighted by Crippen LogP contribution is 2.24. The molecule has 1 fully saturated rings. The largest absolute Gasteiger partial charge is 0.378 e. The van der Waals surface area contributed by atoms with Gasteiger partial charge in [-0.05, 0) is 26.2 Å². The molecule has 0 aromatic carbocycles. The van der Waals surface area contributed by atoms with Crippen molar-refractivity contribution >= 4 is 16.9 Å². The van der Waals surface area contributed by atoms with E-state index in [0.29, 0.717) is 12.1 Å². The number of nitrogens with zero attached hydrogens (tertiary/aromatic N) is 1. The summed E-state index contributed by atoms with van der Waals surface area (Å²) in [5, 5.41) is 4.63. The van der Waals surface area contributed by atoms with Crippen LogP contribution < -0.4 is 5.32 Å². The Morgan fingerprint density at radius 1 is 1.57 bits per heavy atom. The molecule has 0 atom stereocenters. The molecule has 2 aliphatic rings. The van der Waals surface area contributed by atoms with Crippen LogP contribution in [0.2, 0.25) is 0 Å². The Hall–Kier alpha value is -0.220. The third-order valence-electron chi connectivity index (χ3n) is 2.62. The minimum atomic E-state index is 0.492. The van der Waals surface area contributed by atoms with Gasteiger partial charge in [0.05, 0.1) is 6.10 Å². The van der Waals surface area contributed by atoms with Crippen LogP contribution in [0.1, 0.15) is 26.2 Å². The molecule has 1 N–H and O–H groups in total. The van der Waals surface area contributed by atoms with Crippen molar-refractivity contribution in [1.82, 2.24) is 5.32 Å². The van der Waals surface area contributed by atoms with Gasteiger partial charge in [-0.2, -0.15) is 0 Å². The summed E-state index contributed by atoms with van der Waals surface area (Å²) in [7, 11) is 0. The minimum Gasteiger partial charge on any atom is -0.378 e. The lowest BCUT2D eigenvalue weighted by Crippen LogP contribution is -2.47. The monoisotopic (exact) mass is 214 g/mol. The maximum atomic E-state index is 5.51. The van der Waals surface area contributed by atoms with Crippen molar-refractivity contribution in [3.8, 4) is 0 Å². The van der Waals surface area contributed by atoms with Gasteiger partial charge in [-0.3, -0.25) is 4.99 Å². The number of rotatable bonds is 3. The van der Waals surface area contributed by atoms with E-state index in [4.69, 9.17) is 4.74 Å². The maximum absolute atomic E-state index is 5.51. The smallest absolute Gasteiger partial charge is 0.156 e.